The zero-order chi connectivity index (χ0) is 17.2. The Morgan fingerprint density at radius 2 is 1.92 bits per heavy atom. The molecule has 2 aromatic carbocycles. The van der Waals surface area contributed by atoms with Gasteiger partial charge in [-0.25, -0.2) is 14.8 Å². The minimum absolute atomic E-state index is 0.374. The number of carbonyl (C=O) groups is 1. The van der Waals surface area contributed by atoms with Crippen molar-refractivity contribution in [3.05, 3.63) is 83.3 Å². The Kier molecular flexibility index (Phi) is 3.90. The summed E-state index contributed by atoms with van der Waals surface area (Å²) in [6.07, 6.45) is 3.02. The van der Waals surface area contributed by atoms with Gasteiger partial charge >= 0.3 is 5.97 Å². The van der Waals surface area contributed by atoms with Crippen LogP contribution in [0.5, 0.6) is 0 Å². The van der Waals surface area contributed by atoms with Crippen LogP contribution in [0.2, 0.25) is 0 Å². The van der Waals surface area contributed by atoms with Gasteiger partial charge in [-0.2, -0.15) is 0 Å². The molecule has 5 nitrogen and oxygen atoms in total. The number of rotatable bonds is 4. The van der Waals surface area contributed by atoms with E-state index < -0.39 is 5.97 Å². The molecule has 3 aromatic rings. The van der Waals surface area contributed by atoms with Crippen LogP contribution in [0.15, 0.2) is 60.9 Å². The topological polar surface area (TPSA) is 66.3 Å². The van der Waals surface area contributed by atoms with Crippen molar-refractivity contribution in [2.75, 3.05) is 11.4 Å². The Morgan fingerprint density at radius 3 is 2.72 bits per heavy atom. The number of aromatic carboxylic acids is 1. The van der Waals surface area contributed by atoms with E-state index in [0.717, 1.165) is 35.7 Å². The second-order valence-corrected chi connectivity index (χ2v) is 6.04. The summed E-state index contributed by atoms with van der Waals surface area (Å²) in [5.74, 6) is -0.0756. The summed E-state index contributed by atoms with van der Waals surface area (Å²) in [7, 11) is 0. The van der Waals surface area contributed by atoms with Crippen molar-refractivity contribution in [1.29, 1.82) is 0 Å². The minimum atomic E-state index is -0.883. The second-order valence-electron chi connectivity index (χ2n) is 6.04. The van der Waals surface area contributed by atoms with Gasteiger partial charge in [-0.05, 0) is 29.7 Å². The average molecular weight is 331 g/mol. The molecule has 0 atom stereocenters. The van der Waals surface area contributed by atoms with Gasteiger partial charge in [0.15, 0.2) is 0 Å². The first kappa shape index (κ1) is 15.3. The summed E-state index contributed by atoms with van der Waals surface area (Å²) in [5, 5.41) is 9.37. The third kappa shape index (κ3) is 2.96. The number of aromatic nitrogens is 2. The highest BCUT2D eigenvalue weighted by Gasteiger charge is 2.25. The number of nitrogens with zero attached hydrogens (tertiary/aromatic N) is 3. The fourth-order valence-electron chi connectivity index (χ4n) is 3.31. The maximum absolute atomic E-state index is 11.4. The van der Waals surface area contributed by atoms with Crippen LogP contribution in [0.1, 0.15) is 27.2 Å². The van der Waals surface area contributed by atoms with Gasteiger partial charge in [0.1, 0.15) is 12.1 Å². The molecule has 0 saturated carbocycles. The first-order chi connectivity index (χ1) is 12.2. The normalized spacial score (nSPS) is 12.9. The second kappa shape index (κ2) is 6.36. The zero-order valence-electron chi connectivity index (χ0n) is 13.6. The summed E-state index contributed by atoms with van der Waals surface area (Å²) in [6, 6.07) is 17.6. The van der Waals surface area contributed by atoms with Crippen molar-refractivity contribution in [3.63, 3.8) is 0 Å². The third-order valence-corrected chi connectivity index (χ3v) is 4.47. The number of fused-ring (bicyclic) bond motifs is 1. The molecule has 0 fully saturated rings. The highest BCUT2D eigenvalue weighted by Crippen LogP contribution is 2.35. The number of carboxylic acid groups (broad SMARTS) is 1. The Labute approximate surface area is 145 Å². The standard InChI is InChI=1S/C20H17N3O2/c24-20(25)17-7-4-8-18-16(17)9-10-23(18)19-12-15(21-13-22-19)11-14-5-2-1-3-6-14/h1-8,12-13H,9-11H2,(H,24,25). The van der Waals surface area contributed by atoms with Crippen molar-refractivity contribution in [1.82, 2.24) is 9.97 Å². The van der Waals surface area contributed by atoms with E-state index in [-0.39, 0.29) is 0 Å². The fourth-order valence-corrected chi connectivity index (χ4v) is 3.31. The lowest BCUT2D eigenvalue weighted by molar-refractivity contribution is 0.0696. The van der Waals surface area contributed by atoms with Crippen LogP contribution in [0, 0.1) is 0 Å². The van der Waals surface area contributed by atoms with Crippen molar-refractivity contribution >= 4 is 17.5 Å². The summed E-state index contributed by atoms with van der Waals surface area (Å²) < 4.78 is 0. The molecular formula is C20H17N3O2. The maximum Gasteiger partial charge on any atom is 0.336 e. The zero-order valence-corrected chi connectivity index (χ0v) is 13.6. The van der Waals surface area contributed by atoms with Gasteiger partial charge in [-0.3, -0.25) is 0 Å². The molecule has 1 aromatic heterocycles. The highest BCUT2D eigenvalue weighted by molar-refractivity contribution is 5.92. The Balaban J connectivity index is 1.66. The smallest absolute Gasteiger partial charge is 0.336 e. The Morgan fingerprint density at radius 1 is 1.08 bits per heavy atom. The van der Waals surface area contributed by atoms with Gasteiger partial charge in [-0.1, -0.05) is 36.4 Å². The van der Waals surface area contributed by atoms with E-state index in [0.29, 0.717) is 12.0 Å². The maximum atomic E-state index is 11.4. The third-order valence-electron chi connectivity index (χ3n) is 4.47. The average Bonchev–Trinajstić information content (AvgIpc) is 3.07. The van der Waals surface area contributed by atoms with Crippen LogP contribution in [0.3, 0.4) is 0 Å². The van der Waals surface area contributed by atoms with Crippen LogP contribution in [-0.2, 0) is 12.8 Å². The van der Waals surface area contributed by atoms with Crippen LogP contribution in [-0.4, -0.2) is 27.6 Å². The van der Waals surface area contributed by atoms with Gasteiger partial charge in [-0.15, -0.1) is 0 Å². The fraction of sp³-hybridized carbons (Fsp3) is 0.150. The minimum Gasteiger partial charge on any atom is -0.478 e. The van der Waals surface area contributed by atoms with Crippen LogP contribution in [0.4, 0.5) is 11.5 Å². The van der Waals surface area contributed by atoms with Gasteiger partial charge in [0, 0.05) is 24.7 Å². The molecule has 0 aliphatic carbocycles. The van der Waals surface area contributed by atoms with E-state index in [2.05, 4.69) is 27.0 Å². The number of anilines is 2. The number of benzene rings is 2. The molecule has 5 heteroatoms. The molecular weight excluding hydrogens is 314 g/mol. The molecule has 1 aliphatic heterocycles. The summed E-state index contributed by atoms with van der Waals surface area (Å²) >= 11 is 0. The molecule has 0 radical (unpaired) electrons. The van der Waals surface area contributed by atoms with E-state index >= 15 is 0 Å². The van der Waals surface area contributed by atoms with Gasteiger partial charge in [0.2, 0.25) is 0 Å². The van der Waals surface area contributed by atoms with Crippen molar-refractivity contribution < 1.29 is 9.90 Å². The van der Waals surface area contributed by atoms with E-state index in [4.69, 9.17) is 0 Å². The molecule has 2 heterocycles. The Bertz CT molecular complexity index is 925. The lowest BCUT2D eigenvalue weighted by atomic mass is 10.1. The molecule has 0 amide bonds. The van der Waals surface area contributed by atoms with E-state index in [1.165, 1.54) is 5.56 Å². The van der Waals surface area contributed by atoms with Gasteiger partial charge in [0.05, 0.1) is 11.3 Å². The van der Waals surface area contributed by atoms with E-state index in [9.17, 15) is 9.90 Å². The van der Waals surface area contributed by atoms with Gasteiger partial charge in [0.25, 0.3) is 0 Å². The van der Waals surface area contributed by atoms with Crippen molar-refractivity contribution in [2.24, 2.45) is 0 Å². The summed E-state index contributed by atoms with van der Waals surface area (Å²) in [6.45, 7) is 0.724. The first-order valence-corrected chi connectivity index (χ1v) is 8.20. The molecule has 0 saturated heterocycles. The van der Waals surface area contributed by atoms with Crippen LogP contribution < -0.4 is 4.90 Å². The lowest BCUT2D eigenvalue weighted by Gasteiger charge is -2.19. The van der Waals surface area contributed by atoms with Crippen LogP contribution in [0.25, 0.3) is 0 Å². The van der Waals surface area contributed by atoms with Gasteiger partial charge < -0.3 is 10.0 Å². The SMILES string of the molecule is O=C(O)c1cccc2c1CCN2c1cc(Cc2ccccc2)ncn1. The van der Waals surface area contributed by atoms with E-state index in [1.807, 2.05) is 30.3 Å². The largest absolute Gasteiger partial charge is 0.478 e. The molecule has 0 bridgehead atoms. The molecule has 1 aliphatic rings. The predicted molar refractivity (Wildman–Crippen MR) is 95.4 cm³/mol. The number of carboxylic acids is 1. The van der Waals surface area contributed by atoms with Crippen LogP contribution >= 0.6 is 0 Å². The summed E-state index contributed by atoms with van der Waals surface area (Å²) in [4.78, 5) is 22.3. The Hall–Kier alpha value is -3.21. The van der Waals surface area contributed by atoms with Crippen molar-refractivity contribution in [3.8, 4) is 0 Å². The monoisotopic (exact) mass is 331 g/mol. The lowest BCUT2D eigenvalue weighted by Crippen LogP contribution is -2.15. The van der Waals surface area contributed by atoms with Crippen molar-refractivity contribution in [2.45, 2.75) is 12.8 Å². The molecule has 25 heavy (non-hydrogen) atoms. The molecule has 4 rings (SSSR count). The molecule has 0 unspecified atom stereocenters. The predicted octanol–water partition coefficient (Wildman–Crippen LogP) is 3.46. The molecule has 0 spiro atoms. The molecule has 1 N–H and O–H groups in total. The van der Waals surface area contributed by atoms with E-state index in [1.54, 1.807) is 18.5 Å². The first-order valence-electron chi connectivity index (χ1n) is 8.20. The summed E-state index contributed by atoms with van der Waals surface area (Å²) in [5.41, 5.74) is 4.31. The molecule has 124 valence electrons. The quantitative estimate of drug-likeness (QED) is 0.793. The number of hydrogen-bond acceptors (Lipinski definition) is 4. The number of hydrogen-bond donors (Lipinski definition) is 1. The highest BCUT2D eigenvalue weighted by atomic mass is 16.4.